The number of phenolic OH excluding ortho intramolecular Hbond substituents is 1. The number of esters is 1. The zero-order valence-electron chi connectivity index (χ0n) is 19.7. The number of carbonyl (C=O) groups is 1. The van der Waals surface area contributed by atoms with Gasteiger partial charge in [0, 0.05) is 11.1 Å². The van der Waals surface area contributed by atoms with Gasteiger partial charge >= 0.3 is 5.97 Å². The number of halogens is 1. The molecular weight excluding hydrogens is 482 g/mol. The molecule has 1 fully saturated rings. The van der Waals surface area contributed by atoms with E-state index < -0.39 is 0 Å². The van der Waals surface area contributed by atoms with Crippen LogP contribution in [-0.4, -0.2) is 49.4 Å². The fourth-order valence-corrected chi connectivity index (χ4v) is 5.44. The molecule has 0 atom stereocenters. The molecule has 176 valence electrons. The standard InChI is InChI=1S/C26H32BrN3O3/c1-4-33-26(32)24-22(17-29-13-9-6-10-14-29)30(18-11-7-5-8-12-18)21-15-20(27)25(31)19(23(21)24)16-28(2)3/h5,7-8,11-12,15,31H,4,6,9-10,13-14,16-17H2,1-3H3/p+2. The van der Waals surface area contributed by atoms with Gasteiger partial charge in [-0.05, 0) is 60.3 Å². The van der Waals surface area contributed by atoms with Crippen molar-refractivity contribution in [1.82, 2.24) is 4.57 Å². The average Bonchev–Trinajstić information content (AvgIpc) is 3.11. The van der Waals surface area contributed by atoms with Gasteiger partial charge in [-0.25, -0.2) is 4.79 Å². The first-order valence-corrected chi connectivity index (χ1v) is 12.6. The summed E-state index contributed by atoms with van der Waals surface area (Å²) in [6, 6.07) is 12.1. The highest BCUT2D eigenvalue weighted by Gasteiger charge is 2.32. The van der Waals surface area contributed by atoms with E-state index >= 15 is 0 Å². The van der Waals surface area contributed by atoms with Crippen LogP contribution in [0.1, 0.15) is 47.8 Å². The number of hydrogen-bond acceptors (Lipinski definition) is 3. The number of benzene rings is 2. The number of phenols is 1. The Labute approximate surface area is 203 Å². The number of fused-ring (bicyclic) bond motifs is 1. The van der Waals surface area contributed by atoms with E-state index in [9.17, 15) is 9.90 Å². The summed E-state index contributed by atoms with van der Waals surface area (Å²) in [4.78, 5) is 16.1. The molecule has 1 saturated heterocycles. The number of para-hydroxylation sites is 1. The van der Waals surface area contributed by atoms with Crippen LogP contribution in [0.5, 0.6) is 5.75 Å². The van der Waals surface area contributed by atoms with Crippen molar-refractivity contribution in [2.45, 2.75) is 39.3 Å². The Bertz CT molecular complexity index is 1140. The zero-order valence-corrected chi connectivity index (χ0v) is 21.3. The van der Waals surface area contributed by atoms with E-state index in [2.05, 4.69) is 32.6 Å². The van der Waals surface area contributed by atoms with Crippen molar-refractivity contribution >= 4 is 32.8 Å². The van der Waals surface area contributed by atoms with Gasteiger partial charge in [-0.3, -0.25) is 0 Å². The Morgan fingerprint density at radius 2 is 1.88 bits per heavy atom. The van der Waals surface area contributed by atoms with E-state index in [-0.39, 0.29) is 11.7 Å². The van der Waals surface area contributed by atoms with Gasteiger partial charge in [0.25, 0.3) is 0 Å². The molecular formula is C26H34BrN3O3+2. The summed E-state index contributed by atoms with van der Waals surface area (Å²) >= 11 is 3.57. The van der Waals surface area contributed by atoms with Crippen molar-refractivity contribution in [2.75, 3.05) is 33.8 Å². The van der Waals surface area contributed by atoms with Crippen LogP contribution in [0.15, 0.2) is 40.9 Å². The van der Waals surface area contributed by atoms with E-state index in [1.807, 2.05) is 45.3 Å². The van der Waals surface area contributed by atoms with Crippen molar-refractivity contribution in [2.24, 2.45) is 0 Å². The van der Waals surface area contributed by atoms with Gasteiger partial charge in [0.1, 0.15) is 18.8 Å². The van der Waals surface area contributed by atoms with Crippen molar-refractivity contribution in [3.63, 3.8) is 0 Å². The number of nitrogens with zero attached hydrogens (tertiary/aromatic N) is 1. The molecule has 6 nitrogen and oxygen atoms in total. The number of aromatic nitrogens is 1. The highest BCUT2D eigenvalue weighted by Crippen LogP contribution is 2.40. The summed E-state index contributed by atoms with van der Waals surface area (Å²) in [5, 5.41) is 11.8. The predicted molar refractivity (Wildman–Crippen MR) is 133 cm³/mol. The summed E-state index contributed by atoms with van der Waals surface area (Å²) in [5.74, 6) is -0.128. The second-order valence-corrected chi connectivity index (χ2v) is 10.0. The lowest BCUT2D eigenvalue weighted by molar-refractivity contribution is -0.918. The molecule has 2 aromatic carbocycles. The Balaban J connectivity index is 2.08. The molecule has 3 N–H and O–H groups in total. The second-order valence-electron chi connectivity index (χ2n) is 9.16. The second kappa shape index (κ2) is 10.3. The van der Waals surface area contributed by atoms with Crippen LogP contribution in [-0.2, 0) is 17.8 Å². The molecule has 3 aromatic rings. The topological polar surface area (TPSA) is 60.3 Å². The van der Waals surface area contributed by atoms with Gasteiger partial charge in [0.2, 0.25) is 0 Å². The number of carbonyl (C=O) groups excluding carboxylic acids is 1. The first kappa shape index (κ1) is 23.8. The number of aromatic hydroxyl groups is 1. The van der Waals surface area contributed by atoms with Gasteiger partial charge in [-0.1, -0.05) is 18.2 Å². The molecule has 0 saturated carbocycles. The zero-order chi connectivity index (χ0) is 23.5. The molecule has 0 amide bonds. The highest BCUT2D eigenvalue weighted by molar-refractivity contribution is 9.10. The molecule has 1 aliphatic heterocycles. The molecule has 0 unspecified atom stereocenters. The molecule has 33 heavy (non-hydrogen) atoms. The SMILES string of the molecule is CCOC(=O)c1c(C[NH+]2CCCCC2)n(-c2ccccc2)c2cc(Br)c(O)c(C[NH+](C)C)c12. The number of nitrogens with one attached hydrogen (secondary N) is 2. The van der Waals surface area contributed by atoms with Gasteiger partial charge < -0.3 is 24.2 Å². The maximum absolute atomic E-state index is 13.5. The maximum atomic E-state index is 13.5. The van der Waals surface area contributed by atoms with E-state index in [1.54, 1.807) is 0 Å². The minimum atomic E-state index is -0.319. The third kappa shape index (κ3) is 4.81. The third-order valence-corrected chi connectivity index (χ3v) is 6.99. The fourth-order valence-electron chi connectivity index (χ4n) is 4.99. The van der Waals surface area contributed by atoms with Gasteiger partial charge in [-0.15, -0.1) is 0 Å². The molecule has 4 rings (SSSR count). The molecule has 0 aliphatic carbocycles. The lowest BCUT2D eigenvalue weighted by atomic mass is 10.0. The molecule has 1 aromatic heterocycles. The molecule has 2 heterocycles. The van der Waals surface area contributed by atoms with Crippen LogP contribution in [0, 0.1) is 0 Å². The monoisotopic (exact) mass is 515 g/mol. The van der Waals surface area contributed by atoms with Gasteiger partial charge in [-0.2, -0.15) is 0 Å². The summed E-state index contributed by atoms with van der Waals surface area (Å²) in [5.41, 5.74) is 4.24. The number of hydrogen-bond donors (Lipinski definition) is 3. The Morgan fingerprint density at radius 1 is 1.18 bits per heavy atom. The van der Waals surface area contributed by atoms with Crippen LogP contribution in [0.25, 0.3) is 16.6 Å². The van der Waals surface area contributed by atoms with Crippen molar-refractivity contribution in [1.29, 1.82) is 0 Å². The van der Waals surface area contributed by atoms with Crippen molar-refractivity contribution in [3.05, 3.63) is 57.7 Å². The molecule has 0 spiro atoms. The first-order valence-electron chi connectivity index (χ1n) is 11.8. The largest absolute Gasteiger partial charge is 0.506 e. The first-order chi connectivity index (χ1) is 15.9. The van der Waals surface area contributed by atoms with Crippen molar-refractivity contribution < 1.29 is 24.4 Å². The van der Waals surface area contributed by atoms with Crippen LogP contribution in [0.4, 0.5) is 0 Å². The van der Waals surface area contributed by atoms with E-state index in [1.165, 1.54) is 24.2 Å². The normalized spacial score (nSPS) is 14.8. The number of piperidine rings is 1. The van der Waals surface area contributed by atoms with E-state index in [0.29, 0.717) is 23.2 Å². The van der Waals surface area contributed by atoms with Crippen LogP contribution >= 0.6 is 15.9 Å². The van der Waals surface area contributed by atoms with Crippen LogP contribution in [0.3, 0.4) is 0 Å². The lowest BCUT2D eigenvalue weighted by Crippen LogP contribution is -3.11. The van der Waals surface area contributed by atoms with Crippen LogP contribution in [0.2, 0.25) is 0 Å². The molecule has 0 bridgehead atoms. The maximum Gasteiger partial charge on any atom is 0.340 e. The number of quaternary nitrogens is 2. The quantitative estimate of drug-likeness (QED) is 0.423. The molecule has 7 heteroatoms. The summed E-state index contributed by atoms with van der Waals surface area (Å²) in [7, 11) is 4.09. The summed E-state index contributed by atoms with van der Waals surface area (Å²) in [6.45, 7) is 5.67. The Kier molecular flexibility index (Phi) is 7.41. The average molecular weight is 516 g/mol. The molecule has 1 aliphatic rings. The van der Waals surface area contributed by atoms with Gasteiger partial charge in [0.15, 0.2) is 0 Å². The highest BCUT2D eigenvalue weighted by atomic mass is 79.9. The smallest absolute Gasteiger partial charge is 0.340 e. The van der Waals surface area contributed by atoms with Crippen LogP contribution < -0.4 is 9.80 Å². The summed E-state index contributed by atoms with van der Waals surface area (Å²) < 4.78 is 8.41. The number of likely N-dealkylation sites (tertiary alicyclic amines) is 1. The number of ether oxygens (including phenoxy) is 1. The van der Waals surface area contributed by atoms with E-state index in [4.69, 9.17) is 4.74 Å². The predicted octanol–water partition coefficient (Wildman–Crippen LogP) is 2.49. The molecule has 0 radical (unpaired) electrons. The minimum Gasteiger partial charge on any atom is -0.506 e. The Morgan fingerprint density at radius 3 is 2.52 bits per heavy atom. The number of rotatable bonds is 7. The van der Waals surface area contributed by atoms with Crippen molar-refractivity contribution in [3.8, 4) is 11.4 Å². The summed E-state index contributed by atoms with van der Waals surface area (Å²) in [6.07, 6.45) is 3.68. The minimum absolute atomic E-state index is 0.191. The fraction of sp³-hybridized carbons (Fsp3) is 0.423. The van der Waals surface area contributed by atoms with E-state index in [0.717, 1.165) is 52.4 Å². The third-order valence-electron chi connectivity index (χ3n) is 6.39. The van der Waals surface area contributed by atoms with Gasteiger partial charge in [0.05, 0.1) is 60.6 Å². The lowest BCUT2D eigenvalue weighted by Gasteiger charge is -2.24. The Hall–Kier alpha value is -2.35.